The highest BCUT2D eigenvalue weighted by molar-refractivity contribution is 6.31. The van der Waals surface area contributed by atoms with Gasteiger partial charge >= 0.3 is 0 Å². The standard InChI is InChI=1S/C11H15ClN2O2/c1-13-6-8-9(12)4-3-5-10(8)16-7-11(15)14-2/h3-5,13H,6-7H2,1-2H3,(H,14,15). The van der Waals surface area contributed by atoms with Crippen molar-refractivity contribution in [1.82, 2.24) is 10.6 Å². The lowest BCUT2D eigenvalue weighted by atomic mass is 10.2. The minimum Gasteiger partial charge on any atom is -0.483 e. The van der Waals surface area contributed by atoms with Crippen molar-refractivity contribution in [2.24, 2.45) is 0 Å². The zero-order valence-corrected chi connectivity index (χ0v) is 10.1. The van der Waals surface area contributed by atoms with E-state index in [2.05, 4.69) is 10.6 Å². The first kappa shape index (κ1) is 12.8. The lowest BCUT2D eigenvalue weighted by Gasteiger charge is -2.11. The Morgan fingerprint density at radius 1 is 1.44 bits per heavy atom. The summed E-state index contributed by atoms with van der Waals surface area (Å²) >= 11 is 6.04. The molecule has 0 aromatic heterocycles. The van der Waals surface area contributed by atoms with Gasteiger partial charge in [0.2, 0.25) is 0 Å². The highest BCUT2D eigenvalue weighted by atomic mass is 35.5. The molecule has 0 bridgehead atoms. The Bertz CT molecular complexity index is 369. The van der Waals surface area contributed by atoms with Gasteiger partial charge in [0.05, 0.1) is 0 Å². The molecule has 1 amide bonds. The fourth-order valence-electron chi connectivity index (χ4n) is 1.24. The predicted molar refractivity (Wildman–Crippen MR) is 63.8 cm³/mol. The Labute approximate surface area is 99.9 Å². The van der Waals surface area contributed by atoms with E-state index in [1.54, 1.807) is 25.2 Å². The fraction of sp³-hybridized carbons (Fsp3) is 0.364. The lowest BCUT2D eigenvalue weighted by Crippen LogP contribution is -2.25. The molecule has 0 aliphatic heterocycles. The van der Waals surface area contributed by atoms with E-state index in [0.29, 0.717) is 17.3 Å². The van der Waals surface area contributed by atoms with Crippen LogP contribution in [0.25, 0.3) is 0 Å². The molecule has 1 aromatic carbocycles. The first-order valence-corrected chi connectivity index (χ1v) is 5.32. The fourth-order valence-corrected chi connectivity index (χ4v) is 1.47. The van der Waals surface area contributed by atoms with Crippen molar-refractivity contribution in [2.75, 3.05) is 20.7 Å². The van der Waals surface area contributed by atoms with Gasteiger partial charge in [0, 0.05) is 24.2 Å². The van der Waals surface area contributed by atoms with Crippen LogP contribution in [-0.4, -0.2) is 26.6 Å². The monoisotopic (exact) mass is 242 g/mol. The van der Waals surface area contributed by atoms with Gasteiger partial charge in [-0.1, -0.05) is 17.7 Å². The van der Waals surface area contributed by atoms with Crippen LogP contribution in [0.4, 0.5) is 0 Å². The lowest BCUT2D eigenvalue weighted by molar-refractivity contribution is -0.122. The SMILES string of the molecule is CNCc1c(Cl)cccc1OCC(=O)NC. The molecule has 2 N–H and O–H groups in total. The summed E-state index contributed by atoms with van der Waals surface area (Å²) < 4.78 is 5.39. The molecule has 0 fully saturated rings. The molecule has 1 rings (SSSR count). The number of benzene rings is 1. The molecule has 16 heavy (non-hydrogen) atoms. The van der Waals surface area contributed by atoms with E-state index in [0.717, 1.165) is 5.56 Å². The first-order valence-electron chi connectivity index (χ1n) is 4.94. The van der Waals surface area contributed by atoms with Gasteiger partial charge in [-0.25, -0.2) is 0 Å². The molecule has 1 aromatic rings. The average molecular weight is 243 g/mol. The number of nitrogens with one attached hydrogen (secondary N) is 2. The third kappa shape index (κ3) is 3.40. The molecule has 5 heteroatoms. The van der Waals surface area contributed by atoms with E-state index in [1.807, 2.05) is 7.05 Å². The van der Waals surface area contributed by atoms with Gasteiger partial charge in [-0.3, -0.25) is 4.79 Å². The van der Waals surface area contributed by atoms with Crippen molar-refractivity contribution in [2.45, 2.75) is 6.54 Å². The summed E-state index contributed by atoms with van der Waals surface area (Å²) in [5.74, 6) is 0.459. The third-order valence-corrected chi connectivity index (χ3v) is 2.42. The van der Waals surface area contributed by atoms with Gasteiger partial charge in [-0.15, -0.1) is 0 Å². The number of carbonyl (C=O) groups is 1. The smallest absolute Gasteiger partial charge is 0.257 e. The number of likely N-dealkylation sites (N-methyl/N-ethyl adjacent to an activating group) is 1. The molecule has 4 nitrogen and oxygen atoms in total. The zero-order valence-electron chi connectivity index (χ0n) is 9.34. The van der Waals surface area contributed by atoms with Crippen LogP contribution < -0.4 is 15.4 Å². The second-order valence-corrected chi connectivity index (χ2v) is 3.62. The van der Waals surface area contributed by atoms with Crippen LogP contribution in [0, 0.1) is 0 Å². The van der Waals surface area contributed by atoms with Crippen LogP contribution in [0.15, 0.2) is 18.2 Å². The van der Waals surface area contributed by atoms with Crippen LogP contribution in [-0.2, 0) is 11.3 Å². The minimum atomic E-state index is -0.171. The Morgan fingerprint density at radius 3 is 2.81 bits per heavy atom. The number of hydrogen-bond acceptors (Lipinski definition) is 3. The Kier molecular flexibility index (Phi) is 5.08. The molecule has 0 aliphatic carbocycles. The van der Waals surface area contributed by atoms with E-state index in [9.17, 15) is 4.79 Å². The van der Waals surface area contributed by atoms with Crippen molar-refractivity contribution in [1.29, 1.82) is 0 Å². The van der Waals surface area contributed by atoms with Crippen LogP contribution in [0.2, 0.25) is 5.02 Å². The quantitative estimate of drug-likeness (QED) is 0.816. The highest BCUT2D eigenvalue weighted by Gasteiger charge is 2.08. The van der Waals surface area contributed by atoms with Crippen molar-refractivity contribution in [3.63, 3.8) is 0 Å². The summed E-state index contributed by atoms with van der Waals surface area (Å²) in [4.78, 5) is 11.1. The van der Waals surface area contributed by atoms with Gasteiger partial charge in [0.25, 0.3) is 5.91 Å². The van der Waals surface area contributed by atoms with Crippen LogP contribution >= 0.6 is 11.6 Å². The normalized spacial score (nSPS) is 9.94. The largest absolute Gasteiger partial charge is 0.483 e. The molecule has 0 heterocycles. The van der Waals surface area contributed by atoms with E-state index in [-0.39, 0.29) is 12.5 Å². The molecule has 0 aliphatic rings. The van der Waals surface area contributed by atoms with Crippen molar-refractivity contribution in [3.05, 3.63) is 28.8 Å². The van der Waals surface area contributed by atoms with E-state index >= 15 is 0 Å². The summed E-state index contributed by atoms with van der Waals surface area (Å²) in [7, 11) is 3.39. The number of hydrogen-bond donors (Lipinski definition) is 2. The molecule has 0 spiro atoms. The Hall–Kier alpha value is -1.26. The molecule has 0 saturated heterocycles. The molecule has 0 saturated carbocycles. The number of rotatable bonds is 5. The second-order valence-electron chi connectivity index (χ2n) is 3.21. The highest BCUT2D eigenvalue weighted by Crippen LogP contribution is 2.26. The first-order chi connectivity index (χ1) is 7.69. The van der Waals surface area contributed by atoms with Gasteiger partial charge < -0.3 is 15.4 Å². The summed E-state index contributed by atoms with van der Waals surface area (Å²) in [5.41, 5.74) is 0.857. The van der Waals surface area contributed by atoms with Crippen molar-refractivity contribution in [3.8, 4) is 5.75 Å². The van der Waals surface area contributed by atoms with Gasteiger partial charge in [-0.2, -0.15) is 0 Å². The van der Waals surface area contributed by atoms with E-state index in [1.165, 1.54) is 0 Å². The van der Waals surface area contributed by atoms with Crippen LogP contribution in [0.1, 0.15) is 5.56 Å². The van der Waals surface area contributed by atoms with Crippen molar-refractivity contribution >= 4 is 17.5 Å². The summed E-state index contributed by atoms with van der Waals surface area (Å²) in [6.07, 6.45) is 0. The summed E-state index contributed by atoms with van der Waals surface area (Å²) in [6.45, 7) is 0.594. The maximum atomic E-state index is 11.1. The molecule has 0 radical (unpaired) electrons. The maximum Gasteiger partial charge on any atom is 0.257 e. The third-order valence-electron chi connectivity index (χ3n) is 2.07. The molecular formula is C11H15ClN2O2. The topological polar surface area (TPSA) is 50.4 Å². The molecule has 0 atom stereocenters. The number of carbonyl (C=O) groups excluding carboxylic acids is 1. The maximum absolute atomic E-state index is 11.1. The van der Waals surface area contributed by atoms with E-state index in [4.69, 9.17) is 16.3 Å². The predicted octanol–water partition coefficient (Wildman–Crippen LogP) is 1.18. The minimum absolute atomic E-state index is 0.00639. The number of amides is 1. The number of ether oxygens (including phenoxy) is 1. The summed E-state index contributed by atoms with van der Waals surface area (Å²) in [5, 5.41) is 6.12. The van der Waals surface area contributed by atoms with Crippen LogP contribution in [0.5, 0.6) is 5.75 Å². The van der Waals surface area contributed by atoms with Crippen molar-refractivity contribution < 1.29 is 9.53 Å². The number of halogens is 1. The van der Waals surface area contributed by atoms with Crippen LogP contribution in [0.3, 0.4) is 0 Å². The summed E-state index contributed by atoms with van der Waals surface area (Å²) in [6, 6.07) is 5.38. The Morgan fingerprint density at radius 2 is 2.19 bits per heavy atom. The molecule has 88 valence electrons. The van der Waals surface area contributed by atoms with Gasteiger partial charge in [0.1, 0.15) is 5.75 Å². The zero-order chi connectivity index (χ0) is 12.0. The van der Waals surface area contributed by atoms with Gasteiger partial charge in [0.15, 0.2) is 6.61 Å². The molecule has 0 unspecified atom stereocenters. The average Bonchev–Trinajstić information content (AvgIpc) is 2.29. The van der Waals surface area contributed by atoms with Gasteiger partial charge in [-0.05, 0) is 19.2 Å². The Balaban J connectivity index is 2.78. The second kappa shape index (κ2) is 6.35. The molecular weight excluding hydrogens is 228 g/mol. The van der Waals surface area contributed by atoms with E-state index < -0.39 is 0 Å².